The lowest BCUT2D eigenvalue weighted by Crippen LogP contribution is -2.32. The Morgan fingerprint density at radius 1 is 1.03 bits per heavy atom. The number of fused-ring (bicyclic) bond motifs is 1. The summed E-state index contributed by atoms with van der Waals surface area (Å²) in [6, 6.07) is 10.3. The zero-order valence-electron chi connectivity index (χ0n) is 15.2. The number of alkyl halides is 3. The van der Waals surface area contributed by atoms with E-state index in [-0.39, 0.29) is 35.4 Å². The van der Waals surface area contributed by atoms with Crippen LogP contribution in [0.4, 0.5) is 28.0 Å². The average molecular weight is 435 g/mol. The van der Waals surface area contributed by atoms with E-state index in [0.717, 1.165) is 4.90 Å². The third-order valence-corrected chi connectivity index (χ3v) is 5.26. The Bertz CT molecular complexity index is 1140. The Morgan fingerprint density at radius 2 is 1.77 bits per heavy atom. The number of nitrogens with zero attached hydrogens (tertiary/aromatic N) is 3. The Labute approximate surface area is 172 Å². The van der Waals surface area contributed by atoms with Gasteiger partial charge in [0, 0.05) is 29.1 Å². The van der Waals surface area contributed by atoms with Crippen molar-refractivity contribution >= 4 is 40.3 Å². The van der Waals surface area contributed by atoms with Gasteiger partial charge in [0.2, 0.25) is 0 Å². The van der Waals surface area contributed by atoms with Gasteiger partial charge in [-0.3, -0.25) is 9.78 Å². The second-order valence-corrected chi connectivity index (χ2v) is 7.68. The molecule has 0 radical (unpaired) electrons. The summed E-state index contributed by atoms with van der Waals surface area (Å²) in [5, 5.41) is 0.658. The van der Waals surface area contributed by atoms with Crippen LogP contribution in [0.15, 0.2) is 59.6 Å². The Hall–Kier alpha value is -3.14. The van der Waals surface area contributed by atoms with E-state index in [1.807, 2.05) is 0 Å². The number of amides is 3. The summed E-state index contributed by atoms with van der Waals surface area (Å²) in [7, 11) is 0. The normalized spacial score (nSPS) is 14.8. The number of hydrogen-bond acceptors (Lipinski definition) is 4. The molecule has 0 spiro atoms. The van der Waals surface area contributed by atoms with Crippen LogP contribution in [0.5, 0.6) is 0 Å². The number of anilines is 1. The summed E-state index contributed by atoms with van der Waals surface area (Å²) in [6.45, 7) is -0.0728. The lowest BCUT2D eigenvalue weighted by molar-refractivity contribution is -0.116. The summed E-state index contributed by atoms with van der Waals surface area (Å²) < 4.78 is 50.8. The van der Waals surface area contributed by atoms with Crippen LogP contribution in [-0.2, 0) is 11.3 Å². The Balaban J connectivity index is 1.55. The van der Waals surface area contributed by atoms with Crippen molar-refractivity contribution in [1.82, 2.24) is 9.88 Å². The van der Waals surface area contributed by atoms with E-state index in [1.165, 1.54) is 47.5 Å². The van der Waals surface area contributed by atoms with Crippen LogP contribution in [0, 0.1) is 5.82 Å². The first-order valence-corrected chi connectivity index (χ1v) is 9.54. The molecule has 1 saturated heterocycles. The fourth-order valence-corrected chi connectivity index (χ4v) is 3.79. The fourth-order valence-electron chi connectivity index (χ4n) is 3.25. The number of benzene rings is 2. The molecule has 0 aliphatic carbocycles. The molecule has 2 aromatic carbocycles. The number of carbonyl (C=O) groups is 2. The van der Waals surface area contributed by atoms with Crippen molar-refractivity contribution in [1.29, 1.82) is 0 Å². The van der Waals surface area contributed by atoms with Gasteiger partial charge in [-0.05, 0) is 59.8 Å². The van der Waals surface area contributed by atoms with Crippen molar-refractivity contribution in [3.8, 4) is 0 Å². The van der Waals surface area contributed by atoms with Gasteiger partial charge in [0.1, 0.15) is 12.4 Å². The number of urea groups is 1. The molecule has 0 unspecified atom stereocenters. The minimum absolute atomic E-state index is 0.0438. The quantitative estimate of drug-likeness (QED) is 0.330. The second-order valence-electron chi connectivity index (χ2n) is 6.54. The van der Waals surface area contributed by atoms with Gasteiger partial charge in [-0.15, -0.1) is 0 Å². The predicted molar refractivity (Wildman–Crippen MR) is 103 cm³/mol. The first-order chi connectivity index (χ1) is 14.2. The molecule has 2 heterocycles. The summed E-state index contributed by atoms with van der Waals surface area (Å²) in [4.78, 5) is 31.5. The molecule has 1 aliphatic heterocycles. The maximum absolute atomic E-state index is 13.4. The topological polar surface area (TPSA) is 53.5 Å². The molecule has 0 saturated carbocycles. The first kappa shape index (κ1) is 20.1. The van der Waals surface area contributed by atoms with E-state index < -0.39 is 23.3 Å². The van der Waals surface area contributed by atoms with Crippen LogP contribution >= 0.6 is 11.8 Å². The molecule has 0 bridgehead atoms. The van der Waals surface area contributed by atoms with E-state index >= 15 is 0 Å². The lowest BCUT2D eigenvalue weighted by atomic mass is 10.1. The molecule has 10 heteroatoms. The van der Waals surface area contributed by atoms with E-state index in [4.69, 9.17) is 0 Å². The van der Waals surface area contributed by atoms with E-state index in [0.29, 0.717) is 16.5 Å². The van der Waals surface area contributed by atoms with Crippen LogP contribution in [0.2, 0.25) is 0 Å². The number of aromatic nitrogens is 1. The van der Waals surface area contributed by atoms with Crippen LogP contribution in [0.3, 0.4) is 0 Å². The van der Waals surface area contributed by atoms with Gasteiger partial charge >= 0.3 is 11.5 Å². The Kier molecular flexibility index (Phi) is 5.10. The first-order valence-electron chi connectivity index (χ1n) is 8.72. The molecular weight excluding hydrogens is 422 g/mol. The van der Waals surface area contributed by atoms with Crippen molar-refractivity contribution in [2.24, 2.45) is 0 Å². The van der Waals surface area contributed by atoms with Gasteiger partial charge in [0.15, 0.2) is 0 Å². The third-order valence-electron chi connectivity index (χ3n) is 4.52. The van der Waals surface area contributed by atoms with Crippen LogP contribution in [-0.4, -0.2) is 33.9 Å². The lowest BCUT2D eigenvalue weighted by Gasteiger charge is -2.18. The monoisotopic (exact) mass is 435 g/mol. The molecule has 0 N–H and O–H groups in total. The molecule has 3 aromatic rings. The number of rotatable bonds is 4. The summed E-state index contributed by atoms with van der Waals surface area (Å²) in [6.07, 6.45) is 1.49. The fraction of sp³-hybridized carbons (Fsp3) is 0.150. The molecule has 1 fully saturated rings. The second kappa shape index (κ2) is 7.60. The van der Waals surface area contributed by atoms with Crippen molar-refractivity contribution in [2.75, 3.05) is 11.4 Å². The van der Waals surface area contributed by atoms with Crippen molar-refractivity contribution in [3.05, 3.63) is 66.1 Å². The summed E-state index contributed by atoms with van der Waals surface area (Å²) >= 11 is -0.273. The highest BCUT2D eigenvalue weighted by Gasteiger charge is 2.37. The van der Waals surface area contributed by atoms with Crippen LogP contribution < -0.4 is 4.90 Å². The molecular formula is C20H13F4N3O2S. The average Bonchev–Trinajstić information content (AvgIpc) is 2.94. The maximum atomic E-state index is 13.4. The number of halogens is 4. The van der Waals surface area contributed by atoms with E-state index in [9.17, 15) is 27.2 Å². The highest BCUT2D eigenvalue weighted by molar-refractivity contribution is 8.00. The summed E-state index contributed by atoms with van der Waals surface area (Å²) in [5.74, 6) is -0.918. The smallest absolute Gasteiger partial charge is 0.310 e. The predicted octanol–water partition coefficient (Wildman–Crippen LogP) is 4.95. The number of pyridine rings is 1. The van der Waals surface area contributed by atoms with Gasteiger partial charge in [-0.2, -0.15) is 13.2 Å². The van der Waals surface area contributed by atoms with Gasteiger partial charge < -0.3 is 4.90 Å². The van der Waals surface area contributed by atoms with Crippen LogP contribution in [0.25, 0.3) is 10.9 Å². The van der Waals surface area contributed by atoms with Gasteiger partial charge in [0.05, 0.1) is 11.2 Å². The van der Waals surface area contributed by atoms with Gasteiger partial charge in [0.25, 0.3) is 5.91 Å². The van der Waals surface area contributed by atoms with Crippen molar-refractivity contribution in [3.63, 3.8) is 0 Å². The highest BCUT2D eigenvalue weighted by Crippen LogP contribution is 2.37. The zero-order valence-corrected chi connectivity index (χ0v) is 16.0. The molecule has 3 amide bonds. The Morgan fingerprint density at radius 3 is 2.47 bits per heavy atom. The minimum Gasteiger partial charge on any atom is -0.310 e. The van der Waals surface area contributed by atoms with Crippen LogP contribution in [0.1, 0.15) is 5.56 Å². The number of thioether (sulfide) groups is 1. The standard InChI is InChI=1S/C20H13F4N3O2S/c21-13-1-6-16-12(7-8-25-17(16)9-13)10-26-11-18(28)27(19(26)29)14-2-4-15(5-3-14)30-20(22,23)24/h1-9H,10-11H2. The van der Waals surface area contributed by atoms with Gasteiger partial charge in [-0.25, -0.2) is 14.1 Å². The molecule has 4 rings (SSSR count). The zero-order chi connectivity index (χ0) is 21.5. The molecule has 1 aromatic heterocycles. The van der Waals surface area contributed by atoms with E-state index in [1.54, 1.807) is 12.1 Å². The number of hydrogen-bond donors (Lipinski definition) is 0. The minimum atomic E-state index is -4.42. The number of carbonyl (C=O) groups excluding carboxylic acids is 2. The maximum Gasteiger partial charge on any atom is 0.446 e. The molecule has 154 valence electrons. The molecule has 1 aliphatic rings. The van der Waals surface area contributed by atoms with E-state index in [2.05, 4.69) is 4.98 Å². The molecule has 5 nitrogen and oxygen atoms in total. The third kappa shape index (κ3) is 4.09. The largest absolute Gasteiger partial charge is 0.446 e. The van der Waals surface area contributed by atoms with Crippen molar-refractivity contribution < 1.29 is 27.2 Å². The van der Waals surface area contributed by atoms with Gasteiger partial charge in [-0.1, -0.05) is 0 Å². The summed E-state index contributed by atoms with van der Waals surface area (Å²) in [5.41, 5.74) is -3.10. The van der Waals surface area contributed by atoms with Crippen molar-refractivity contribution in [2.45, 2.75) is 16.9 Å². The highest BCUT2D eigenvalue weighted by atomic mass is 32.2. The SMILES string of the molecule is O=C1CN(Cc2ccnc3cc(F)ccc23)C(=O)N1c1ccc(SC(F)(F)F)cc1. The molecule has 0 atom stereocenters. The molecule has 30 heavy (non-hydrogen) atoms. The number of imide groups is 1.